The van der Waals surface area contributed by atoms with E-state index in [0.717, 1.165) is 0 Å². The second-order valence-electron chi connectivity index (χ2n) is 4.39. The number of ether oxygens (including phenoxy) is 1. The number of hydrogen-bond donors (Lipinski definition) is 2. The van der Waals surface area contributed by atoms with Gasteiger partial charge in [0, 0.05) is 6.42 Å². The Balaban J connectivity index is 2.90. The Morgan fingerprint density at radius 1 is 1.33 bits per heavy atom. The standard InChI is InChI=1S/C13H17NO6S/c1-9-5-3-4-6-11(9)21(18,19)14-10(13(16)17)7-8-12(15)20-2/h3-6,10,14H,7-8H2,1-2H3,(H,16,17). The van der Waals surface area contributed by atoms with E-state index in [2.05, 4.69) is 9.46 Å². The summed E-state index contributed by atoms with van der Waals surface area (Å²) in [7, 11) is -2.80. The number of rotatable bonds is 7. The summed E-state index contributed by atoms with van der Waals surface area (Å²) in [6.45, 7) is 1.61. The minimum Gasteiger partial charge on any atom is -0.480 e. The number of esters is 1. The van der Waals surface area contributed by atoms with Gasteiger partial charge in [-0.05, 0) is 25.0 Å². The molecule has 0 aliphatic carbocycles. The Bertz CT molecular complexity index is 625. The lowest BCUT2D eigenvalue weighted by molar-refractivity contribution is -0.142. The van der Waals surface area contributed by atoms with Crippen LogP contribution in [0.2, 0.25) is 0 Å². The Labute approximate surface area is 123 Å². The number of aryl methyl sites for hydroxylation is 1. The fourth-order valence-electron chi connectivity index (χ4n) is 1.71. The van der Waals surface area contributed by atoms with E-state index in [0.29, 0.717) is 5.56 Å². The van der Waals surface area contributed by atoms with Crippen LogP contribution in [0.25, 0.3) is 0 Å². The number of nitrogens with one attached hydrogen (secondary N) is 1. The molecular formula is C13H17NO6S. The van der Waals surface area contributed by atoms with E-state index in [-0.39, 0.29) is 17.7 Å². The molecule has 1 unspecified atom stereocenters. The molecule has 0 bridgehead atoms. The SMILES string of the molecule is COC(=O)CCC(NS(=O)(=O)c1ccccc1C)C(=O)O. The van der Waals surface area contributed by atoms with Crippen molar-refractivity contribution < 1.29 is 27.9 Å². The van der Waals surface area contributed by atoms with Gasteiger partial charge in [0.1, 0.15) is 6.04 Å². The molecule has 116 valence electrons. The van der Waals surface area contributed by atoms with E-state index >= 15 is 0 Å². The third kappa shape index (κ3) is 4.83. The smallest absolute Gasteiger partial charge is 0.321 e. The van der Waals surface area contributed by atoms with Crippen molar-refractivity contribution in [3.63, 3.8) is 0 Å². The van der Waals surface area contributed by atoms with Crippen LogP contribution in [0, 0.1) is 6.92 Å². The molecule has 21 heavy (non-hydrogen) atoms. The number of carboxylic acids is 1. The highest BCUT2D eigenvalue weighted by Gasteiger charge is 2.26. The van der Waals surface area contributed by atoms with Gasteiger partial charge in [-0.25, -0.2) is 8.42 Å². The fraction of sp³-hybridized carbons (Fsp3) is 0.385. The van der Waals surface area contributed by atoms with Crippen molar-refractivity contribution in [1.29, 1.82) is 0 Å². The number of aliphatic carboxylic acids is 1. The molecule has 1 aromatic rings. The molecule has 1 rings (SSSR count). The molecule has 0 saturated heterocycles. The van der Waals surface area contributed by atoms with E-state index in [4.69, 9.17) is 5.11 Å². The van der Waals surface area contributed by atoms with Gasteiger partial charge >= 0.3 is 11.9 Å². The van der Waals surface area contributed by atoms with Gasteiger partial charge in [-0.2, -0.15) is 4.72 Å². The summed E-state index contributed by atoms with van der Waals surface area (Å²) in [5, 5.41) is 9.06. The maximum Gasteiger partial charge on any atom is 0.321 e. The van der Waals surface area contributed by atoms with E-state index in [1.807, 2.05) is 0 Å². The lowest BCUT2D eigenvalue weighted by Crippen LogP contribution is -2.41. The average Bonchev–Trinajstić information content (AvgIpc) is 2.42. The van der Waals surface area contributed by atoms with Crippen LogP contribution in [0.15, 0.2) is 29.2 Å². The van der Waals surface area contributed by atoms with Crippen molar-refractivity contribution in [2.75, 3.05) is 7.11 Å². The third-order valence-corrected chi connectivity index (χ3v) is 4.48. The Hall–Kier alpha value is -1.93. The van der Waals surface area contributed by atoms with Crippen LogP contribution in [0.3, 0.4) is 0 Å². The molecule has 0 aromatic heterocycles. The van der Waals surface area contributed by atoms with Crippen LogP contribution in [0.5, 0.6) is 0 Å². The van der Waals surface area contributed by atoms with Crippen LogP contribution >= 0.6 is 0 Å². The van der Waals surface area contributed by atoms with Gasteiger partial charge in [0.2, 0.25) is 10.0 Å². The zero-order valence-corrected chi connectivity index (χ0v) is 12.5. The van der Waals surface area contributed by atoms with Crippen molar-refractivity contribution in [2.45, 2.75) is 30.7 Å². The monoisotopic (exact) mass is 315 g/mol. The lowest BCUT2D eigenvalue weighted by atomic mass is 10.2. The van der Waals surface area contributed by atoms with Gasteiger partial charge in [0.05, 0.1) is 12.0 Å². The van der Waals surface area contributed by atoms with E-state index in [1.54, 1.807) is 25.1 Å². The summed E-state index contributed by atoms with van der Waals surface area (Å²) < 4.78 is 30.9. The maximum absolute atomic E-state index is 12.2. The van der Waals surface area contributed by atoms with Gasteiger partial charge in [0.25, 0.3) is 0 Å². The van der Waals surface area contributed by atoms with Gasteiger partial charge in [-0.15, -0.1) is 0 Å². The second kappa shape index (κ2) is 7.19. The average molecular weight is 315 g/mol. The molecule has 0 heterocycles. The number of carbonyl (C=O) groups is 2. The molecular weight excluding hydrogens is 298 g/mol. The number of carbonyl (C=O) groups excluding carboxylic acids is 1. The first kappa shape index (κ1) is 17.1. The second-order valence-corrected chi connectivity index (χ2v) is 6.07. The summed E-state index contributed by atoms with van der Waals surface area (Å²) in [6.07, 6.45) is -0.378. The van der Waals surface area contributed by atoms with E-state index in [9.17, 15) is 18.0 Å². The third-order valence-electron chi connectivity index (χ3n) is 2.84. The molecule has 0 saturated carbocycles. The largest absolute Gasteiger partial charge is 0.480 e. The van der Waals surface area contributed by atoms with Crippen molar-refractivity contribution in [3.8, 4) is 0 Å². The van der Waals surface area contributed by atoms with Gasteiger partial charge in [-0.3, -0.25) is 9.59 Å². The van der Waals surface area contributed by atoms with E-state index in [1.165, 1.54) is 13.2 Å². The van der Waals surface area contributed by atoms with Gasteiger partial charge < -0.3 is 9.84 Å². The molecule has 0 fully saturated rings. The minimum absolute atomic E-state index is 0.00863. The summed E-state index contributed by atoms with van der Waals surface area (Å²) in [6, 6.07) is 4.83. The predicted molar refractivity (Wildman–Crippen MR) is 74.2 cm³/mol. The van der Waals surface area contributed by atoms with Gasteiger partial charge in [0.15, 0.2) is 0 Å². The number of hydrogen-bond acceptors (Lipinski definition) is 5. The first-order valence-electron chi connectivity index (χ1n) is 6.15. The van der Waals surface area contributed by atoms with Crippen LogP contribution in [0.1, 0.15) is 18.4 Å². The Morgan fingerprint density at radius 2 is 1.95 bits per heavy atom. The van der Waals surface area contributed by atoms with Crippen molar-refractivity contribution in [2.24, 2.45) is 0 Å². The first-order chi connectivity index (χ1) is 9.77. The molecule has 1 atom stereocenters. The fourth-order valence-corrected chi connectivity index (χ4v) is 3.18. The van der Waals surface area contributed by atoms with Gasteiger partial charge in [-0.1, -0.05) is 18.2 Å². The predicted octanol–water partition coefficient (Wildman–Crippen LogP) is 0.680. The number of benzene rings is 1. The van der Waals surface area contributed by atoms with Crippen molar-refractivity contribution >= 4 is 22.0 Å². The molecule has 0 aliphatic heterocycles. The molecule has 0 spiro atoms. The highest BCUT2D eigenvalue weighted by Crippen LogP contribution is 2.15. The molecule has 2 N–H and O–H groups in total. The zero-order valence-electron chi connectivity index (χ0n) is 11.7. The number of sulfonamides is 1. The summed E-state index contributed by atoms with van der Waals surface area (Å²) in [4.78, 5) is 22.2. The summed E-state index contributed by atoms with van der Waals surface area (Å²) in [5.41, 5.74) is 0.502. The Morgan fingerprint density at radius 3 is 2.48 bits per heavy atom. The van der Waals surface area contributed by atoms with Crippen molar-refractivity contribution in [3.05, 3.63) is 29.8 Å². The molecule has 1 aromatic carbocycles. The minimum atomic E-state index is -3.97. The molecule has 0 aliphatic rings. The normalized spacial score (nSPS) is 12.7. The quantitative estimate of drug-likeness (QED) is 0.716. The molecule has 7 nitrogen and oxygen atoms in total. The lowest BCUT2D eigenvalue weighted by Gasteiger charge is -2.15. The highest BCUT2D eigenvalue weighted by atomic mass is 32.2. The highest BCUT2D eigenvalue weighted by molar-refractivity contribution is 7.89. The number of carboxylic acid groups (broad SMARTS) is 1. The molecule has 0 radical (unpaired) electrons. The summed E-state index contributed by atoms with van der Waals surface area (Å²) in [5.74, 6) is -1.95. The number of methoxy groups -OCH3 is 1. The van der Waals surface area contributed by atoms with Crippen LogP contribution in [0.4, 0.5) is 0 Å². The summed E-state index contributed by atoms with van der Waals surface area (Å²) >= 11 is 0. The molecule has 0 amide bonds. The van der Waals surface area contributed by atoms with Crippen molar-refractivity contribution in [1.82, 2.24) is 4.72 Å². The van der Waals surface area contributed by atoms with Crippen LogP contribution in [-0.4, -0.2) is 38.6 Å². The molecule has 8 heteroatoms. The van der Waals surface area contributed by atoms with E-state index < -0.39 is 28.0 Å². The van der Waals surface area contributed by atoms with Crippen LogP contribution < -0.4 is 4.72 Å². The maximum atomic E-state index is 12.2. The zero-order chi connectivity index (χ0) is 16.0. The Kier molecular flexibility index (Phi) is 5.86. The first-order valence-corrected chi connectivity index (χ1v) is 7.64. The topological polar surface area (TPSA) is 110 Å². The van der Waals surface area contributed by atoms with Crippen LogP contribution in [-0.2, 0) is 24.3 Å².